The van der Waals surface area contributed by atoms with Crippen LogP contribution in [0, 0.1) is 0 Å². The van der Waals surface area contributed by atoms with Gasteiger partial charge in [-0.15, -0.1) is 6.58 Å². The van der Waals surface area contributed by atoms with Crippen LogP contribution in [0.25, 0.3) is 10.9 Å². The number of carbonyl (C=O) groups excluding carboxylic acids is 2. The van der Waals surface area contributed by atoms with Gasteiger partial charge in [0, 0.05) is 29.2 Å². The molecule has 2 aromatic rings. The highest BCUT2D eigenvalue weighted by molar-refractivity contribution is 6.10. The molecule has 1 aromatic heterocycles. The van der Waals surface area contributed by atoms with Gasteiger partial charge in [0.2, 0.25) is 0 Å². The lowest BCUT2D eigenvalue weighted by molar-refractivity contribution is 0.0603. The summed E-state index contributed by atoms with van der Waals surface area (Å²) in [5.74, 6) is -0.444. The molecule has 0 bridgehead atoms. The Labute approximate surface area is 104 Å². The van der Waals surface area contributed by atoms with Crippen LogP contribution < -0.4 is 0 Å². The second kappa shape index (κ2) is 4.87. The normalized spacial score (nSPS) is 10.3. The number of allylic oxidation sites excluding steroid dienone is 1. The number of aldehydes is 1. The highest BCUT2D eigenvalue weighted by atomic mass is 16.5. The predicted octanol–water partition coefficient (Wildman–Crippen LogP) is 2.43. The Morgan fingerprint density at radius 1 is 1.50 bits per heavy atom. The molecule has 1 heterocycles. The van der Waals surface area contributed by atoms with Gasteiger partial charge in [0.15, 0.2) is 6.29 Å². The molecule has 0 aliphatic rings. The summed E-state index contributed by atoms with van der Waals surface area (Å²) >= 11 is 0. The van der Waals surface area contributed by atoms with Gasteiger partial charge in [0.05, 0.1) is 12.7 Å². The molecule has 0 saturated heterocycles. The molecule has 0 amide bonds. The van der Waals surface area contributed by atoms with Crippen molar-refractivity contribution < 1.29 is 14.3 Å². The number of hydrogen-bond donors (Lipinski definition) is 0. The van der Waals surface area contributed by atoms with Crippen LogP contribution in [0.3, 0.4) is 0 Å². The molecule has 2 rings (SSSR count). The fourth-order valence-electron chi connectivity index (χ4n) is 2.04. The largest absolute Gasteiger partial charge is 0.465 e. The molecule has 0 unspecified atom stereocenters. The smallest absolute Gasteiger partial charge is 0.338 e. The standard InChI is InChI=1S/C14H13NO3/c1-3-7-15-8-10(9-16)13-11(14(17)18-2)5-4-6-12(13)15/h3-6,8-9H,1,7H2,2H3. The van der Waals surface area contributed by atoms with E-state index in [9.17, 15) is 9.59 Å². The summed E-state index contributed by atoms with van der Waals surface area (Å²) in [6.45, 7) is 4.25. The van der Waals surface area contributed by atoms with Gasteiger partial charge >= 0.3 is 5.97 Å². The molecule has 0 fully saturated rings. The van der Waals surface area contributed by atoms with Crippen molar-refractivity contribution in [2.75, 3.05) is 7.11 Å². The van der Waals surface area contributed by atoms with Gasteiger partial charge in [-0.1, -0.05) is 12.1 Å². The van der Waals surface area contributed by atoms with E-state index in [-0.39, 0.29) is 0 Å². The van der Waals surface area contributed by atoms with Crippen molar-refractivity contribution in [3.05, 3.63) is 48.2 Å². The lowest BCUT2D eigenvalue weighted by Gasteiger charge is -2.04. The minimum Gasteiger partial charge on any atom is -0.465 e. The minimum absolute atomic E-state index is 0.403. The van der Waals surface area contributed by atoms with Gasteiger partial charge in [-0.3, -0.25) is 4.79 Å². The number of rotatable bonds is 4. The fraction of sp³-hybridized carbons (Fsp3) is 0.143. The number of ether oxygens (including phenoxy) is 1. The van der Waals surface area contributed by atoms with Gasteiger partial charge < -0.3 is 9.30 Å². The van der Waals surface area contributed by atoms with Crippen molar-refractivity contribution in [3.63, 3.8) is 0 Å². The first-order valence-corrected chi connectivity index (χ1v) is 5.49. The summed E-state index contributed by atoms with van der Waals surface area (Å²) < 4.78 is 6.60. The second-order valence-electron chi connectivity index (χ2n) is 3.83. The third kappa shape index (κ3) is 1.82. The second-order valence-corrected chi connectivity index (χ2v) is 3.83. The zero-order chi connectivity index (χ0) is 13.1. The Hall–Kier alpha value is -2.36. The molecule has 0 spiro atoms. The van der Waals surface area contributed by atoms with E-state index in [1.807, 2.05) is 10.6 Å². The maximum Gasteiger partial charge on any atom is 0.338 e. The van der Waals surface area contributed by atoms with Gasteiger partial charge in [-0.05, 0) is 12.1 Å². The molecule has 0 atom stereocenters. The fourth-order valence-corrected chi connectivity index (χ4v) is 2.04. The number of fused-ring (bicyclic) bond motifs is 1. The van der Waals surface area contributed by atoms with E-state index < -0.39 is 5.97 Å². The quantitative estimate of drug-likeness (QED) is 0.470. The average Bonchev–Trinajstić information content (AvgIpc) is 2.76. The maximum absolute atomic E-state index is 11.7. The van der Waals surface area contributed by atoms with E-state index in [2.05, 4.69) is 6.58 Å². The number of benzene rings is 1. The summed E-state index contributed by atoms with van der Waals surface area (Å²) in [7, 11) is 1.32. The van der Waals surface area contributed by atoms with E-state index in [4.69, 9.17) is 4.74 Å². The molecule has 0 radical (unpaired) electrons. The van der Waals surface area contributed by atoms with E-state index in [0.717, 1.165) is 11.8 Å². The van der Waals surface area contributed by atoms with Crippen molar-refractivity contribution in [3.8, 4) is 0 Å². The molecule has 1 aromatic carbocycles. The third-order valence-electron chi connectivity index (χ3n) is 2.79. The Kier molecular flexibility index (Phi) is 3.28. The van der Waals surface area contributed by atoms with Crippen molar-refractivity contribution in [1.82, 2.24) is 4.57 Å². The van der Waals surface area contributed by atoms with Crippen molar-refractivity contribution in [2.45, 2.75) is 6.54 Å². The van der Waals surface area contributed by atoms with E-state index in [1.165, 1.54) is 7.11 Å². The zero-order valence-corrected chi connectivity index (χ0v) is 10.1. The van der Waals surface area contributed by atoms with Crippen molar-refractivity contribution in [2.24, 2.45) is 0 Å². The molecule has 0 aliphatic heterocycles. The summed E-state index contributed by atoms with van der Waals surface area (Å²) in [4.78, 5) is 22.8. The molecule has 4 nitrogen and oxygen atoms in total. The Balaban J connectivity index is 2.78. The zero-order valence-electron chi connectivity index (χ0n) is 10.1. The predicted molar refractivity (Wildman–Crippen MR) is 68.9 cm³/mol. The number of esters is 1. The number of methoxy groups -OCH3 is 1. The number of aromatic nitrogens is 1. The van der Waals surface area contributed by atoms with Crippen LogP contribution in [0.1, 0.15) is 20.7 Å². The molecule has 4 heteroatoms. The molecule has 18 heavy (non-hydrogen) atoms. The van der Waals surface area contributed by atoms with Crippen LogP contribution >= 0.6 is 0 Å². The summed E-state index contributed by atoms with van der Waals surface area (Å²) in [6.07, 6.45) is 4.19. The maximum atomic E-state index is 11.7. The van der Waals surface area contributed by atoms with Gasteiger partial charge in [-0.25, -0.2) is 4.79 Å². The Morgan fingerprint density at radius 3 is 2.89 bits per heavy atom. The highest BCUT2D eigenvalue weighted by Crippen LogP contribution is 2.25. The van der Waals surface area contributed by atoms with Crippen LogP contribution in [-0.2, 0) is 11.3 Å². The average molecular weight is 243 g/mol. The van der Waals surface area contributed by atoms with E-state index >= 15 is 0 Å². The van der Waals surface area contributed by atoms with Gasteiger partial charge in [0.25, 0.3) is 0 Å². The lowest BCUT2D eigenvalue weighted by Crippen LogP contribution is -2.02. The monoisotopic (exact) mass is 243 g/mol. The first-order valence-electron chi connectivity index (χ1n) is 5.49. The first-order chi connectivity index (χ1) is 8.72. The van der Waals surface area contributed by atoms with Gasteiger partial charge in [-0.2, -0.15) is 0 Å². The van der Waals surface area contributed by atoms with Crippen LogP contribution in [0.4, 0.5) is 0 Å². The summed E-state index contributed by atoms with van der Waals surface area (Å²) in [6, 6.07) is 5.28. The number of nitrogens with zero attached hydrogens (tertiary/aromatic N) is 1. The molecule has 0 saturated carbocycles. The van der Waals surface area contributed by atoms with Crippen LogP contribution in [0.15, 0.2) is 37.1 Å². The highest BCUT2D eigenvalue weighted by Gasteiger charge is 2.16. The van der Waals surface area contributed by atoms with Crippen molar-refractivity contribution in [1.29, 1.82) is 0 Å². The SMILES string of the molecule is C=CCn1cc(C=O)c2c(C(=O)OC)cccc21. The number of carbonyl (C=O) groups is 2. The number of hydrogen-bond acceptors (Lipinski definition) is 3. The van der Waals surface area contributed by atoms with Crippen LogP contribution in [-0.4, -0.2) is 23.9 Å². The minimum atomic E-state index is -0.444. The van der Waals surface area contributed by atoms with E-state index in [0.29, 0.717) is 23.1 Å². The van der Waals surface area contributed by atoms with Crippen LogP contribution in [0.5, 0.6) is 0 Å². The third-order valence-corrected chi connectivity index (χ3v) is 2.79. The molecular weight excluding hydrogens is 230 g/mol. The molecule has 0 aliphatic carbocycles. The van der Waals surface area contributed by atoms with Crippen molar-refractivity contribution >= 4 is 23.2 Å². The first kappa shape index (κ1) is 12.1. The lowest BCUT2D eigenvalue weighted by atomic mass is 10.1. The Morgan fingerprint density at radius 2 is 2.28 bits per heavy atom. The summed E-state index contributed by atoms with van der Waals surface area (Å²) in [5.41, 5.74) is 1.70. The van der Waals surface area contributed by atoms with Gasteiger partial charge in [0.1, 0.15) is 0 Å². The topological polar surface area (TPSA) is 48.3 Å². The summed E-state index contributed by atoms with van der Waals surface area (Å²) in [5, 5.41) is 0.626. The molecular formula is C14H13NO3. The molecule has 0 N–H and O–H groups in total. The van der Waals surface area contributed by atoms with E-state index in [1.54, 1.807) is 24.4 Å². The Bertz CT molecular complexity index is 625. The van der Waals surface area contributed by atoms with Crippen LogP contribution in [0.2, 0.25) is 0 Å². The molecule has 92 valence electrons.